The fourth-order valence-corrected chi connectivity index (χ4v) is 3.02. The first-order chi connectivity index (χ1) is 11.8. The van der Waals surface area contributed by atoms with Crippen LogP contribution < -0.4 is 4.90 Å². The third kappa shape index (κ3) is 4.92. The molecule has 1 heterocycles. The van der Waals surface area contributed by atoms with Gasteiger partial charge in [0.15, 0.2) is 0 Å². The monoisotopic (exact) mass is 349 g/mol. The molecule has 1 saturated heterocycles. The fraction of sp³-hybridized carbons (Fsp3) is 0.611. The molecule has 0 aliphatic carbocycles. The molecule has 1 amide bonds. The lowest BCUT2D eigenvalue weighted by Crippen LogP contribution is -2.33. The number of piperidine rings is 1. The Morgan fingerprint density at radius 3 is 2.64 bits per heavy atom. The zero-order valence-corrected chi connectivity index (χ0v) is 15.1. The lowest BCUT2D eigenvalue weighted by molar-refractivity contribution is -0.384. The van der Waals surface area contributed by atoms with Gasteiger partial charge in [-0.2, -0.15) is 0 Å². The van der Waals surface area contributed by atoms with E-state index in [2.05, 4.69) is 6.92 Å². The molecule has 1 fully saturated rings. The van der Waals surface area contributed by atoms with Crippen LogP contribution in [-0.2, 0) is 0 Å². The van der Waals surface area contributed by atoms with Gasteiger partial charge in [-0.15, -0.1) is 0 Å². The largest absolute Gasteiger partial charge is 0.393 e. The molecule has 1 aliphatic heterocycles. The number of carbonyl (C=O) groups excluding carboxylic acids is 1. The number of nitro groups is 1. The number of aliphatic hydroxyl groups is 1. The maximum atomic E-state index is 12.5. The molecule has 0 bridgehead atoms. The highest BCUT2D eigenvalue weighted by Gasteiger charge is 2.25. The third-order valence-electron chi connectivity index (χ3n) is 4.77. The van der Waals surface area contributed by atoms with Crippen molar-refractivity contribution in [2.75, 3.05) is 31.6 Å². The Kier molecular flexibility index (Phi) is 6.36. The summed E-state index contributed by atoms with van der Waals surface area (Å²) in [6.45, 7) is 5.84. The fourth-order valence-electron chi connectivity index (χ4n) is 3.02. The second kappa shape index (κ2) is 8.29. The summed E-state index contributed by atoms with van der Waals surface area (Å²) < 4.78 is 0. The molecule has 1 aliphatic rings. The lowest BCUT2D eigenvalue weighted by atomic mass is 9.98. The molecule has 0 saturated carbocycles. The van der Waals surface area contributed by atoms with Crippen molar-refractivity contribution in [2.45, 2.75) is 39.2 Å². The predicted octanol–water partition coefficient (Wildman–Crippen LogP) is 2.67. The second-order valence-corrected chi connectivity index (χ2v) is 6.99. The number of anilines is 1. The van der Waals surface area contributed by atoms with Crippen LogP contribution in [0.1, 0.15) is 43.5 Å². The summed E-state index contributed by atoms with van der Waals surface area (Å²) in [5.74, 6) is 0.362. The zero-order chi connectivity index (χ0) is 18.6. The lowest BCUT2D eigenvalue weighted by Gasteiger charge is -2.31. The normalized spacial score (nSPS) is 16.6. The highest BCUT2D eigenvalue weighted by Crippen LogP contribution is 2.32. The minimum absolute atomic E-state index is 0.0238. The number of nitrogens with zero attached hydrogens (tertiary/aromatic N) is 3. The molecular weight excluding hydrogens is 322 g/mol. The highest BCUT2D eigenvalue weighted by molar-refractivity contribution is 5.95. The summed E-state index contributed by atoms with van der Waals surface area (Å²) in [6, 6.07) is 4.71. The van der Waals surface area contributed by atoms with Gasteiger partial charge in [0.2, 0.25) is 0 Å². The molecule has 0 aromatic heterocycles. The van der Waals surface area contributed by atoms with Gasteiger partial charge >= 0.3 is 0 Å². The Balaban J connectivity index is 2.20. The molecule has 7 heteroatoms. The number of benzene rings is 1. The van der Waals surface area contributed by atoms with Crippen molar-refractivity contribution in [3.8, 4) is 0 Å². The Morgan fingerprint density at radius 1 is 1.44 bits per heavy atom. The van der Waals surface area contributed by atoms with Gasteiger partial charge in [-0.05, 0) is 44.2 Å². The smallest absolute Gasteiger partial charge is 0.293 e. The van der Waals surface area contributed by atoms with Gasteiger partial charge in [0.25, 0.3) is 11.6 Å². The van der Waals surface area contributed by atoms with Crippen LogP contribution in [0, 0.1) is 16.0 Å². The van der Waals surface area contributed by atoms with Crippen LogP contribution in [0.15, 0.2) is 18.2 Å². The van der Waals surface area contributed by atoms with Crippen LogP contribution in [-0.4, -0.2) is 53.6 Å². The van der Waals surface area contributed by atoms with E-state index in [0.717, 1.165) is 25.9 Å². The van der Waals surface area contributed by atoms with Crippen molar-refractivity contribution in [3.63, 3.8) is 0 Å². The first-order valence-corrected chi connectivity index (χ1v) is 8.76. The van der Waals surface area contributed by atoms with Crippen molar-refractivity contribution >= 4 is 17.3 Å². The first kappa shape index (κ1) is 19.2. The van der Waals surface area contributed by atoms with E-state index in [0.29, 0.717) is 30.1 Å². The standard InChI is InChI=1S/C18H27N3O4/c1-13-6-10-20(11-7-13)16-5-4-15(12-17(16)21(24)25)18(23)19(3)9-8-14(2)22/h4-5,12-14,22H,6-11H2,1-3H3. The average molecular weight is 349 g/mol. The van der Waals surface area contributed by atoms with E-state index in [9.17, 15) is 20.0 Å². The van der Waals surface area contributed by atoms with Crippen LogP contribution in [0.2, 0.25) is 0 Å². The Labute approximate surface area is 148 Å². The summed E-state index contributed by atoms with van der Waals surface area (Å²) in [6.07, 6.45) is 2.00. The summed E-state index contributed by atoms with van der Waals surface area (Å²) >= 11 is 0. The number of nitro benzene ring substituents is 1. The van der Waals surface area contributed by atoms with Crippen LogP contribution >= 0.6 is 0 Å². The highest BCUT2D eigenvalue weighted by atomic mass is 16.6. The van der Waals surface area contributed by atoms with Crippen LogP contribution in [0.5, 0.6) is 0 Å². The Morgan fingerprint density at radius 2 is 2.08 bits per heavy atom. The minimum Gasteiger partial charge on any atom is -0.393 e. The maximum Gasteiger partial charge on any atom is 0.293 e. The van der Waals surface area contributed by atoms with E-state index in [4.69, 9.17) is 0 Å². The van der Waals surface area contributed by atoms with Crippen LogP contribution in [0.3, 0.4) is 0 Å². The van der Waals surface area contributed by atoms with Gasteiger partial charge in [-0.3, -0.25) is 14.9 Å². The molecule has 2 rings (SSSR count). The molecule has 138 valence electrons. The second-order valence-electron chi connectivity index (χ2n) is 6.99. The molecule has 25 heavy (non-hydrogen) atoms. The van der Waals surface area contributed by atoms with Crippen molar-refractivity contribution in [1.29, 1.82) is 0 Å². The van der Waals surface area contributed by atoms with E-state index in [1.165, 1.54) is 11.0 Å². The van der Waals surface area contributed by atoms with Crippen molar-refractivity contribution < 1.29 is 14.8 Å². The topological polar surface area (TPSA) is 86.9 Å². The average Bonchev–Trinajstić information content (AvgIpc) is 2.59. The number of rotatable bonds is 6. The van der Waals surface area contributed by atoms with Crippen molar-refractivity contribution in [3.05, 3.63) is 33.9 Å². The number of amides is 1. The summed E-state index contributed by atoms with van der Waals surface area (Å²) in [4.78, 5) is 27.1. The van der Waals surface area contributed by atoms with E-state index in [-0.39, 0.29) is 11.6 Å². The van der Waals surface area contributed by atoms with Gasteiger partial charge in [0.1, 0.15) is 5.69 Å². The first-order valence-electron chi connectivity index (χ1n) is 8.76. The van der Waals surface area contributed by atoms with Crippen LogP contribution in [0.25, 0.3) is 0 Å². The number of aliphatic hydroxyl groups excluding tert-OH is 1. The van der Waals surface area contributed by atoms with Crippen molar-refractivity contribution in [2.24, 2.45) is 5.92 Å². The predicted molar refractivity (Wildman–Crippen MR) is 97.0 cm³/mol. The summed E-state index contributed by atoms with van der Waals surface area (Å²) in [5.41, 5.74) is 0.860. The SMILES string of the molecule is CC(O)CCN(C)C(=O)c1ccc(N2CCC(C)CC2)c([N+](=O)[O-])c1. The Hall–Kier alpha value is -2.15. The number of hydrogen-bond donors (Lipinski definition) is 1. The van der Waals surface area contributed by atoms with Crippen LogP contribution in [0.4, 0.5) is 11.4 Å². The van der Waals surface area contributed by atoms with Gasteiger partial charge in [-0.1, -0.05) is 6.92 Å². The number of hydrogen-bond acceptors (Lipinski definition) is 5. The molecule has 1 N–H and O–H groups in total. The molecule has 7 nitrogen and oxygen atoms in total. The van der Waals surface area contributed by atoms with E-state index >= 15 is 0 Å². The zero-order valence-electron chi connectivity index (χ0n) is 15.1. The molecule has 1 unspecified atom stereocenters. The molecule has 0 radical (unpaired) electrons. The molecule has 0 spiro atoms. The van der Waals surface area contributed by atoms with Gasteiger partial charge in [-0.25, -0.2) is 0 Å². The van der Waals surface area contributed by atoms with Gasteiger partial charge < -0.3 is 14.9 Å². The van der Waals surface area contributed by atoms with E-state index < -0.39 is 11.0 Å². The maximum absolute atomic E-state index is 12.5. The third-order valence-corrected chi connectivity index (χ3v) is 4.77. The quantitative estimate of drug-likeness (QED) is 0.630. The van der Waals surface area contributed by atoms with E-state index in [1.807, 2.05) is 4.90 Å². The van der Waals surface area contributed by atoms with Gasteiger partial charge in [0.05, 0.1) is 11.0 Å². The number of carbonyl (C=O) groups is 1. The minimum atomic E-state index is -0.492. The van der Waals surface area contributed by atoms with E-state index in [1.54, 1.807) is 26.1 Å². The summed E-state index contributed by atoms with van der Waals surface area (Å²) in [7, 11) is 1.64. The van der Waals surface area contributed by atoms with Crippen molar-refractivity contribution in [1.82, 2.24) is 4.90 Å². The molecule has 1 aromatic rings. The molecule has 1 atom stereocenters. The Bertz CT molecular complexity index is 625. The molecule has 1 aromatic carbocycles. The molecular formula is C18H27N3O4. The van der Waals surface area contributed by atoms with Gasteiger partial charge in [0, 0.05) is 38.3 Å². The summed E-state index contributed by atoms with van der Waals surface area (Å²) in [5, 5.41) is 20.8.